The highest BCUT2D eigenvalue weighted by Gasteiger charge is 2.14. The summed E-state index contributed by atoms with van der Waals surface area (Å²) in [4.78, 5) is 14.4. The van der Waals surface area contributed by atoms with Crippen molar-refractivity contribution >= 4 is 33.5 Å². The molecule has 0 atom stereocenters. The van der Waals surface area contributed by atoms with Crippen LogP contribution in [-0.4, -0.2) is 12.8 Å². The number of carbonyl (C=O) groups is 1. The van der Waals surface area contributed by atoms with Crippen LogP contribution in [0.4, 0.5) is 5.69 Å². The standard InChI is InChI=1S/C18H14BrNO/c1-20-16(11-8-13-4-2-3-5-17(13)20)12-18(21)14-6-9-15(19)10-7-14/h2-12H,1H3/b16-12+. The first-order valence-electron chi connectivity index (χ1n) is 6.67. The minimum atomic E-state index is 0.00776. The van der Waals surface area contributed by atoms with Crippen LogP contribution >= 0.6 is 15.9 Å². The Balaban J connectivity index is 1.91. The van der Waals surface area contributed by atoms with Crippen molar-refractivity contribution in [2.45, 2.75) is 0 Å². The summed E-state index contributed by atoms with van der Waals surface area (Å²) >= 11 is 3.37. The number of fused-ring (bicyclic) bond motifs is 1. The van der Waals surface area contributed by atoms with Gasteiger partial charge >= 0.3 is 0 Å². The number of hydrogen-bond donors (Lipinski definition) is 0. The third-order valence-corrected chi connectivity index (χ3v) is 4.06. The summed E-state index contributed by atoms with van der Waals surface area (Å²) in [6.07, 6.45) is 5.69. The first kappa shape index (κ1) is 13.8. The molecular weight excluding hydrogens is 326 g/mol. The molecule has 104 valence electrons. The van der Waals surface area contributed by atoms with E-state index >= 15 is 0 Å². The Morgan fingerprint density at radius 3 is 2.52 bits per heavy atom. The third kappa shape index (κ3) is 2.83. The SMILES string of the molecule is CN1/C(=C/C(=O)c2ccc(Br)cc2)C=Cc2ccccc21. The van der Waals surface area contributed by atoms with E-state index in [1.54, 1.807) is 6.08 Å². The predicted octanol–water partition coefficient (Wildman–Crippen LogP) is 4.68. The fraction of sp³-hybridized carbons (Fsp3) is 0.0556. The average Bonchev–Trinajstić information content (AvgIpc) is 2.51. The number of hydrogen-bond acceptors (Lipinski definition) is 2. The van der Waals surface area contributed by atoms with Crippen molar-refractivity contribution in [2.24, 2.45) is 0 Å². The van der Waals surface area contributed by atoms with Gasteiger partial charge in [0, 0.05) is 34.5 Å². The number of benzene rings is 2. The van der Waals surface area contributed by atoms with Crippen molar-refractivity contribution in [3.63, 3.8) is 0 Å². The molecule has 0 fully saturated rings. The lowest BCUT2D eigenvalue weighted by molar-refractivity contribution is 0.104. The van der Waals surface area contributed by atoms with Gasteiger partial charge in [0.15, 0.2) is 5.78 Å². The summed E-state index contributed by atoms with van der Waals surface area (Å²) in [5.74, 6) is 0.00776. The summed E-state index contributed by atoms with van der Waals surface area (Å²) in [5, 5.41) is 0. The van der Waals surface area contributed by atoms with E-state index in [-0.39, 0.29) is 5.78 Å². The van der Waals surface area contributed by atoms with E-state index in [1.165, 1.54) is 0 Å². The first-order chi connectivity index (χ1) is 10.1. The van der Waals surface area contributed by atoms with Gasteiger partial charge in [0.2, 0.25) is 0 Å². The van der Waals surface area contributed by atoms with Gasteiger partial charge in [-0.05, 0) is 42.0 Å². The van der Waals surface area contributed by atoms with Gasteiger partial charge in [-0.2, -0.15) is 0 Å². The van der Waals surface area contributed by atoms with E-state index in [1.807, 2.05) is 60.5 Å². The minimum Gasteiger partial charge on any atom is -0.344 e. The fourth-order valence-electron chi connectivity index (χ4n) is 2.34. The van der Waals surface area contributed by atoms with Gasteiger partial charge in [0.1, 0.15) is 0 Å². The number of anilines is 1. The second kappa shape index (κ2) is 5.70. The van der Waals surface area contributed by atoms with E-state index in [0.717, 1.165) is 21.4 Å². The molecule has 0 N–H and O–H groups in total. The molecule has 0 aliphatic carbocycles. The number of likely N-dealkylation sites (N-methyl/N-ethyl adjacent to an activating group) is 1. The third-order valence-electron chi connectivity index (χ3n) is 3.53. The van der Waals surface area contributed by atoms with Crippen molar-refractivity contribution in [2.75, 3.05) is 11.9 Å². The number of ketones is 1. The number of halogens is 1. The van der Waals surface area contributed by atoms with Gasteiger partial charge in [0.25, 0.3) is 0 Å². The second-order valence-corrected chi connectivity index (χ2v) is 5.81. The van der Waals surface area contributed by atoms with Crippen molar-refractivity contribution in [3.05, 3.63) is 82.0 Å². The van der Waals surface area contributed by atoms with Gasteiger partial charge in [-0.15, -0.1) is 0 Å². The van der Waals surface area contributed by atoms with E-state index < -0.39 is 0 Å². The van der Waals surface area contributed by atoms with E-state index in [9.17, 15) is 4.79 Å². The van der Waals surface area contributed by atoms with Gasteiger partial charge in [-0.25, -0.2) is 0 Å². The molecule has 1 aliphatic heterocycles. The van der Waals surface area contributed by atoms with Gasteiger partial charge in [0.05, 0.1) is 0 Å². The zero-order valence-corrected chi connectivity index (χ0v) is 13.2. The molecule has 1 heterocycles. The molecule has 2 aromatic rings. The van der Waals surface area contributed by atoms with Crippen molar-refractivity contribution in [3.8, 4) is 0 Å². The maximum atomic E-state index is 12.3. The molecule has 0 radical (unpaired) electrons. The Bertz CT molecular complexity index is 744. The zero-order chi connectivity index (χ0) is 14.8. The second-order valence-electron chi connectivity index (χ2n) is 4.89. The molecule has 3 rings (SSSR count). The van der Waals surface area contributed by atoms with E-state index in [0.29, 0.717) is 5.56 Å². The average molecular weight is 340 g/mol. The smallest absolute Gasteiger partial charge is 0.187 e. The molecule has 2 nitrogen and oxygen atoms in total. The molecule has 21 heavy (non-hydrogen) atoms. The normalized spacial score (nSPS) is 15.1. The van der Waals surface area contributed by atoms with Crippen LogP contribution in [0.1, 0.15) is 15.9 Å². The van der Waals surface area contributed by atoms with Gasteiger partial charge < -0.3 is 4.90 Å². The Kier molecular flexibility index (Phi) is 3.76. The zero-order valence-electron chi connectivity index (χ0n) is 11.6. The summed E-state index contributed by atoms with van der Waals surface area (Å²) in [5.41, 5.74) is 3.84. The monoisotopic (exact) mass is 339 g/mol. The van der Waals surface area contributed by atoms with Crippen LogP contribution in [0.2, 0.25) is 0 Å². The maximum absolute atomic E-state index is 12.3. The van der Waals surface area contributed by atoms with Gasteiger partial charge in [-0.1, -0.05) is 40.2 Å². The van der Waals surface area contributed by atoms with Crippen LogP contribution in [-0.2, 0) is 0 Å². The molecule has 0 saturated carbocycles. The molecule has 0 saturated heterocycles. The topological polar surface area (TPSA) is 20.3 Å². The fourth-order valence-corrected chi connectivity index (χ4v) is 2.60. The molecule has 2 aromatic carbocycles. The molecule has 1 aliphatic rings. The minimum absolute atomic E-state index is 0.00776. The molecule has 0 bridgehead atoms. The maximum Gasteiger partial charge on any atom is 0.187 e. The number of nitrogens with zero attached hydrogens (tertiary/aromatic N) is 1. The van der Waals surface area contributed by atoms with Crippen molar-refractivity contribution in [1.82, 2.24) is 0 Å². The summed E-state index contributed by atoms with van der Waals surface area (Å²) in [7, 11) is 1.98. The number of carbonyl (C=O) groups excluding carboxylic acids is 1. The molecule has 0 aromatic heterocycles. The Morgan fingerprint density at radius 1 is 1.05 bits per heavy atom. The summed E-state index contributed by atoms with van der Waals surface area (Å²) in [6.45, 7) is 0. The Labute approximate surface area is 132 Å². The Hall–Kier alpha value is -2.13. The van der Waals surface area contributed by atoms with Crippen LogP contribution in [0.3, 0.4) is 0 Å². The predicted molar refractivity (Wildman–Crippen MR) is 90.4 cm³/mol. The highest BCUT2D eigenvalue weighted by Crippen LogP contribution is 2.29. The number of rotatable bonds is 2. The van der Waals surface area contributed by atoms with E-state index in [4.69, 9.17) is 0 Å². The lowest BCUT2D eigenvalue weighted by Gasteiger charge is -2.26. The highest BCUT2D eigenvalue weighted by atomic mass is 79.9. The number of allylic oxidation sites excluding steroid dienone is 2. The lowest BCUT2D eigenvalue weighted by atomic mass is 10.0. The van der Waals surface area contributed by atoms with Crippen LogP contribution in [0, 0.1) is 0 Å². The quantitative estimate of drug-likeness (QED) is 0.584. The molecular formula is C18H14BrNO. The van der Waals surface area contributed by atoms with Crippen molar-refractivity contribution < 1.29 is 4.79 Å². The van der Waals surface area contributed by atoms with Gasteiger partial charge in [-0.3, -0.25) is 4.79 Å². The molecule has 3 heteroatoms. The lowest BCUT2D eigenvalue weighted by Crippen LogP contribution is -2.19. The summed E-state index contributed by atoms with van der Waals surface area (Å²) in [6, 6.07) is 15.5. The Morgan fingerprint density at radius 2 is 1.76 bits per heavy atom. The molecule has 0 amide bonds. The molecule has 0 unspecified atom stereocenters. The largest absolute Gasteiger partial charge is 0.344 e. The number of para-hydroxylation sites is 1. The van der Waals surface area contributed by atoms with Crippen LogP contribution in [0.25, 0.3) is 6.08 Å². The first-order valence-corrected chi connectivity index (χ1v) is 7.47. The molecule has 0 spiro atoms. The highest BCUT2D eigenvalue weighted by molar-refractivity contribution is 9.10. The van der Waals surface area contributed by atoms with Crippen molar-refractivity contribution in [1.29, 1.82) is 0 Å². The summed E-state index contributed by atoms with van der Waals surface area (Å²) < 4.78 is 0.968. The van der Waals surface area contributed by atoms with Crippen LogP contribution in [0.5, 0.6) is 0 Å². The van der Waals surface area contributed by atoms with E-state index in [2.05, 4.69) is 28.1 Å². The van der Waals surface area contributed by atoms with Crippen LogP contribution in [0.15, 0.2) is 70.9 Å². The van der Waals surface area contributed by atoms with Crippen LogP contribution < -0.4 is 4.90 Å².